The van der Waals surface area contributed by atoms with E-state index in [1.807, 2.05) is 12.1 Å². The first-order chi connectivity index (χ1) is 12.1. The first kappa shape index (κ1) is 17.5. The van der Waals surface area contributed by atoms with Crippen LogP contribution in [0.25, 0.3) is 0 Å². The van der Waals surface area contributed by atoms with Gasteiger partial charge in [-0.2, -0.15) is 0 Å². The van der Waals surface area contributed by atoms with Gasteiger partial charge in [0.25, 0.3) is 5.91 Å². The zero-order chi connectivity index (χ0) is 17.6. The molecular weight excluding hydrogens is 404 g/mol. The standard InChI is InChI=1S/C19H14BrClN2O2/c20-14-6-10-16(11-7-14)25-18(13-4-8-15(21)9-5-13)19(24)23-17-3-1-2-12-22-17/h1-12,18H,(H,22,23,24). The van der Waals surface area contributed by atoms with Crippen molar-refractivity contribution in [3.8, 4) is 5.75 Å². The molecule has 0 aliphatic rings. The number of carbonyl (C=O) groups excluding carboxylic acids is 1. The minimum atomic E-state index is -0.833. The molecule has 25 heavy (non-hydrogen) atoms. The summed E-state index contributed by atoms with van der Waals surface area (Å²) < 4.78 is 6.86. The minimum Gasteiger partial charge on any atom is -0.476 e. The second-order valence-electron chi connectivity index (χ2n) is 5.21. The Kier molecular flexibility index (Phi) is 5.68. The first-order valence-electron chi connectivity index (χ1n) is 7.51. The maximum absolute atomic E-state index is 12.8. The molecule has 0 fully saturated rings. The Bertz CT molecular complexity index is 840. The third kappa shape index (κ3) is 4.81. The van der Waals surface area contributed by atoms with Crippen molar-refractivity contribution in [2.75, 3.05) is 5.32 Å². The Morgan fingerprint density at radius 2 is 1.76 bits per heavy atom. The number of hydrogen-bond donors (Lipinski definition) is 1. The number of amides is 1. The molecule has 0 saturated carbocycles. The molecule has 3 aromatic rings. The van der Waals surface area contributed by atoms with Gasteiger partial charge in [0.15, 0.2) is 0 Å². The van der Waals surface area contributed by atoms with Crippen molar-refractivity contribution in [1.29, 1.82) is 0 Å². The lowest BCUT2D eigenvalue weighted by molar-refractivity contribution is -0.123. The largest absolute Gasteiger partial charge is 0.476 e. The molecule has 4 nitrogen and oxygen atoms in total. The third-order valence-corrected chi connectivity index (χ3v) is 4.18. The summed E-state index contributed by atoms with van der Waals surface area (Å²) in [5.41, 5.74) is 0.695. The van der Waals surface area contributed by atoms with Crippen LogP contribution in [-0.4, -0.2) is 10.9 Å². The van der Waals surface area contributed by atoms with E-state index in [0.29, 0.717) is 22.2 Å². The monoisotopic (exact) mass is 416 g/mol. The van der Waals surface area contributed by atoms with Crippen LogP contribution in [0.3, 0.4) is 0 Å². The quantitative estimate of drug-likeness (QED) is 0.616. The Morgan fingerprint density at radius 3 is 2.40 bits per heavy atom. The van der Waals surface area contributed by atoms with Crippen LogP contribution in [0.5, 0.6) is 5.75 Å². The molecule has 0 saturated heterocycles. The molecule has 0 aliphatic carbocycles. The fourth-order valence-corrected chi connectivity index (χ4v) is 2.58. The predicted molar refractivity (Wildman–Crippen MR) is 102 cm³/mol. The van der Waals surface area contributed by atoms with Crippen molar-refractivity contribution >= 4 is 39.3 Å². The highest BCUT2D eigenvalue weighted by Crippen LogP contribution is 2.26. The van der Waals surface area contributed by atoms with Gasteiger partial charge in [-0.05, 0) is 48.5 Å². The van der Waals surface area contributed by atoms with Gasteiger partial charge in [-0.3, -0.25) is 4.79 Å². The lowest BCUT2D eigenvalue weighted by atomic mass is 10.1. The van der Waals surface area contributed by atoms with Crippen LogP contribution in [0, 0.1) is 0 Å². The molecule has 1 amide bonds. The van der Waals surface area contributed by atoms with E-state index in [2.05, 4.69) is 26.2 Å². The van der Waals surface area contributed by atoms with Crippen LogP contribution in [-0.2, 0) is 4.79 Å². The van der Waals surface area contributed by atoms with Crippen LogP contribution >= 0.6 is 27.5 Å². The van der Waals surface area contributed by atoms with Gasteiger partial charge in [-0.1, -0.05) is 45.7 Å². The molecule has 3 rings (SSSR count). The van der Waals surface area contributed by atoms with E-state index in [4.69, 9.17) is 16.3 Å². The molecule has 126 valence electrons. The summed E-state index contributed by atoms with van der Waals surface area (Å²) in [4.78, 5) is 16.9. The summed E-state index contributed by atoms with van der Waals surface area (Å²) in [6.07, 6.45) is 0.781. The molecular formula is C19H14BrClN2O2. The van der Waals surface area contributed by atoms with Crippen molar-refractivity contribution in [2.45, 2.75) is 6.10 Å². The number of pyridine rings is 1. The van der Waals surface area contributed by atoms with Crippen LogP contribution in [0.1, 0.15) is 11.7 Å². The highest BCUT2D eigenvalue weighted by molar-refractivity contribution is 9.10. The van der Waals surface area contributed by atoms with Gasteiger partial charge in [-0.25, -0.2) is 4.98 Å². The molecule has 0 bridgehead atoms. The van der Waals surface area contributed by atoms with E-state index in [0.717, 1.165) is 4.47 Å². The summed E-state index contributed by atoms with van der Waals surface area (Å²) in [7, 11) is 0. The highest BCUT2D eigenvalue weighted by Gasteiger charge is 2.23. The number of nitrogens with one attached hydrogen (secondary N) is 1. The van der Waals surface area contributed by atoms with Crippen LogP contribution in [0.4, 0.5) is 5.82 Å². The Morgan fingerprint density at radius 1 is 1.04 bits per heavy atom. The average molecular weight is 418 g/mol. The van der Waals surface area contributed by atoms with E-state index in [1.165, 1.54) is 0 Å². The maximum Gasteiger partial charge on any atom is 0.271 e. The van der Waals surface area contributed by atoms with E-state index in [9.17, 15) is 4.79 Å². The second kappa shape index (κ2) is 8.14. The predicted octanol–water partition coefficient (Wildman–Crippen LogP) is 5.26. The molecule has 1 N–H and O–H groups in total. The molecule has 1 unspecified atom stereocenters. The lowest BCUT2D eigenvalue weighted by Crippen LogP contribution is -2.26. The number of halogens is 2. The highest BCUT2D eigenvalue weighted by atomic mass is 79.9. The smallest absolute Gasteiger partial charge is 0.271 e. The zero-order valence-corrected chi connectivity index (χ0v) is 15.4. The zero-order valence-electron chi connectivity index (χ0n) is 13.0. The SMILES string of the molecule is O=C(Nc1ccccn1)C(Oc1ccc(Br)cc1)c1ccc(Cl)cc1. The number of aromatic nitrogens is 1. The minimum absolute atomic E-state index is 0.316. The normalized spacial score (nSPS) is 11.6. The number of ether oxygens (including phenoxy) is 1. The second-order valence-corrected chi connectivity index (χ2v) is 6.56. The van der Waals surface area contributed by atoms with Gasteiger partial charge in [-0.15, -0.1) is 0 Å². The van der Waals surface area contributed by atoms with Crippen molar-refractivity contribution in [2.24, 2.45) is 0 Å². The van der Waals surface area contributed by atoms with E-state index >= 15 is 0 Å². The Labute approximate surface area is 158 Å². The fraction of sp³-hybridized carbons (Fsp3) is 0.0526. The molecule has 1 aromatic heterocycles. The van der Waals surface area contributed by atoms with Gasteiger partial charge in [0.05, 0.1) is 0 Å². The Hall–Kier alpha value is -2.37. The van der Waals surface area contributed by atoms with Crippen LogP contribution in [0.2, 0.25) is 5.02 Å². The maximum atomic E-state index is 12.8. The van der Waals surface area contributed by atoms with Gasteiger partial charge in [0.2, 0.25) is 6.10 Å². The van der Waals surface area contributed by atoms with Gasteiger partial charge < -0.3 is 10.1 Å². The molecule has 1 heterocycles. The van der Waals surface area contributed by atoms with E-state index in [1.54, 1.807) is 60.8 Å². The summed E-state index contributed by atoms with van der Waals surface area (Å²) in [5, 5.41) is 3.36. The molecule has 2 aromatic carbocycles. The van der Waals surface area contributed by atoms with Crippen molar-refractivity contribution in [1.82, 2.24) is 4.98 Å². The summed E-state index contributed by atoms with van der Waals surface area (Å²) in [6, 6.07) is 19.6. The number of hydrogen-bond acceptors (Lipinski definition) is 3. The molecule has 1 atom stereocenters. The number of carbonyl (C=O) groups is 1. The molecule has 0 spiro atoms. The fourth-order valence-electron chi connectivity index (χ4n) is 2.19. The van der Waals surface area contributed by atoms with Gasteiger partial charge >= 0.3 is 0 Å². The lowest BCUT2D eigenvalue weighted by Gasteiger charge is -2.19. The van der Waals surface area contributed by atoms with E-state index in [-0.39, 0.29) is 5.91 Å². The molecule has 6 heteroatoms. The Balaban J connectivity index is 1.86. The van der Waals surface area contributed by atoms with E-state index < -0.39 is 6.10 Å². The number of rotatable bonds is 5. The van der Waals surface area contributed by atoms with Crippen LogP contribution < -0.4 is 10.1 Å². The molecule has 0 aliphatic heterocycles. The number of benzene rings is 2. The summed E-state index contributed by atoms with van der Waals surface area (Å²) in [5.74, 6) is 0.731. The van der Waals surface area contributed by atoms with Crippen LogP contribution in [0.15, 0.2) is 77.4 Å². The van der Waals surface area contributed by atoms with Crippen molar-refractivity contribution < 1.29 is 9.53 Å². The third-order valence-electron chi connectivity index (χ3n) is 3.39. The van der Waals surface area contributed by atoms with Gasteiger partial charge in [0.1, 0.15) is 11.6 Å². The van der Waals surface area contributed by atoms with Crippen molar-refractivity contribution in [3.05, 3.63) is 88.0 Å². The van der Waals surface area contributed by atoms with Crippen molar-refractivity contribution in [3.63, 3.8) is 0 Å². The summed E-state index contributed by atoms with van der Waals surface area (Å²) in [6.45, 7) is 0. The first-order valence-corrected chi connectivity index (χ1v) is 8.68. The average Bonchev–Trinajstić information content (AvgIpc) is 2.63. The topological polar surface area (TPSA) is 51.2 Å². The van der Waals surface area contributed by atoms with Gasteiger partial charge in [0, 0.05) is 21.3 Å². The summed E-state index contributed by atoms with van der Waals surface area (Å²) >= 11 is 9.33. The number of anilines is 1. The number of nitrogens with zero attached hydrogens (tertiary/aromatic N) is 1. The molecule has 0 radical (unpaired) electrons.